The Hall–Kier alpha value is -1.14. The number of hydrogen-bond acceptors (Lipinski definition) is 4. The number of rotatable bonds is 4. The number of nitrogens with one attached hydrogen (secondary N) is 1. The average molecular weight is 243 g/mol. The van der Waals surface area contributed by atoms with Crippen LogP contribution in [0.25, 0.3) is 0 Å². The van der Waals surface area contributed by atoms with Crippen molar-refractivity contribution in [2.24, 2.45) is 11.7 Å². The number of hydrogen-bond donors (Lipinski definition) is 3. The summed E-state index contributed by atoms with van der Waals surface area (Å²) in [6.45, 7) is 4.55. The summed E-state index contributed by atoms with van der Waals surface area (Å²) in [7, 11) is 0. The quantitative estimate of drug-likeness (QED) is 0.570. The van der Waals surface area contributed by atoms with Gasteiger partial charge in [-0.15, -0.1) is 0 Å². The van der Waals surface area contributed by atoms with Gasteiger partial charge in [-0.05, 0) is 12.3 Å². The average Bonchev–Trinajstić information content (AvgIpc) is 2.71. The lowest BCUT2D eigenvalue weighted by Gasteiger charge is -2.18. The molecular formula is C11H21N3O3. The number of carbonyl (C=O) groups is 2. The number of nitrogens with two attached hydrogens (primary N) is 1. The predicted molar refractivity (Wildman–Crippen MR) is 63.0 cm³/mol. The molecule has 0 aliphatic carbocycles. The molecule has 0 radical (unpaired) electrons. The Morgan fingerprint density at radius 2 is 2.18 bits per heavy atom. The first-order chi connectivity index (χ1) is 7.91. The minimum Gasteiger partial charge on any atom is -0.391 e. The molecule has 1 aliphatic heterocycles. The van der Waals surface area contributed by atoms with Crippen molar-refractivity contribution in [2.45, 2.75) is 32.4 Å². The second-order valence-corrected chi connectivity index (χ2v) is 4.77. The largest absolute Gasteiger partial charge is 0.391 e. The van der Waals surface area contributed by atoms with E-state index in [1.54, 1.807) is 4.90 Å². The first kappa shape index (κ1) is 13.9. The van der Waals surface area contributed by atoms with E-state index in [0.717, 1.165) is 0 Å². The van der Waals surface area contributed by atoms with Crippen molar-refractivity contribution in [3.63, 3.8) is 0 Å². The van der Waals surface area contributed by atoms with Crippen LogP contribution >= 0.6 is 0 Å². The minimum absolute atomic E-state index is 0.0405. The van der Waals surface area contributed by atoms with Crippen LogP contribution in [0.4, 0.5) is 0 Å². The third kappa shape index (κ3) is 3.98. The number of amides is 2. The standard InChI is InChI=1S/C11H21N3O3/c1-7(2)10(12)11(17)13-5-9(16)14-4-3-8(15)6-14/h7-8,10,15H,3-6,12H2,1-2H3,(H,13,17)/t8?,10-/m0/s1. The van der Waals surface area contributed by atoms with E-state index in [9.17, 15) is 14.7 Å². The molecule has 2 amide bonds. The van der Waals surface area contributed by atoms with Crippen LogP contribution in [0.2, 0.25) is 0 Å². The SMILES string of the molecule is CC(C)[C@H](N)C(=O)NCC(=O)N1CCC(O)C1. The zero-order valence-corrected chi connectivity index (χ0v) is 10.3. The van der Waals surface area contributed by atoms with Crippen molar-refractivity contribution in [3.8, 4) is 0 Å². The maximum atomic E-state index is 11.6. The van der Waals surface area contributed by atoms with Crippen molar-refractivity contribution in [1.82, 2.24) is 10.2 Å². The van der Waals surface area contributed by atoms with Crippen LogP contribution in [0.15, 0.2) is 0 Å². The normalized spacial score (nSPS) is 21.7. The number of likely N-dealkylation sites (tertiary alicyclic amines) is 1. The summed E-state index contributed by atoms with van der Waals surface area (Å²) in [5.74, 6) is -0.447. The molecule has 6 heteroatoms. The first-order valence-corrected chi connectivity index (χ1v) is 5.91. The summed E-state index contributed by atoms with van der Waals surface area (Å²) in [5.41, 5.74) is 5.64. The smallest absolute Gasteiger partial charge is 0.242 e. The van der Waals surface area contributed by atoms with Gasteiger partial charge in [0, 0.05) is 13.1 Å². The Morgan fingerprint density at radius 3 is 2.65 bits per heavy atom. The second-order valence-electron chi connectivity index (χ2n) is 4.77. The van der Waals surface area contributed by atoms with Crippen molar-refractivity contribution in [2.75, 3.05) is 19.6 Å². The molecule has 1 fully saturated rings. The van der Waals surface area contributed by atoms with E-state index in [0.29, 0.717) is 19.5 Å². The third-order valence-electron chi connectivity index (χ3n) is 2.95. The summed E-state index contributed by atoms with van der Waals surface area (Å²) < 4.78 is 0. The van der Waals surface area contributed by atoms with Crippen molar-refractivity contribution < 1.29 is 14.7 Å². The van der Waals surface area contributed by atoms with Crippen molar-refractivity contribution in [3.05, 3.63) is 0 Å². The zero-order valence-electron chi connectivity index (χ0n) is 10.3. The Kier molecular flexibility index (Phi) is 4.89. The van der Waals surface area contributed by atoms with Gasteiger partial charge < -0.3 is 21.1 Å². The van der Waals surface area contributed by atoms with E-state index in [2.05, 4.69) is 5.32 Å². The molecule has 1 aliphatic rings. The lowest BCUT2D eigenvalue weighted by Crippen LogP contribution is -2.47. The molecule has 0 bridgehead atoms. The van der Waals surface area contributed by atoms with E-state index < -0.39 is 12.1 Å². The van der Waals surface area contributed by atoms with Gasteiger partial charge in [0.1, 0.15) is 0 Å². The number of aliphatic hydroxyl groups excluding tert-OH is 1. The lowest BCUT2D eigenvalue weighted by atomic mass is 10.1. The van der Waals surface area contributed by atoms with Crippen molar-refractivity contribution in [1.29, 1.82) is 0 Å². The molecule has 1 saturated heterocycles. The summed E-state index contributed by atoms with van der Waals surface area (Å²) in [6.07, 6.45) is 0.165. The van der Waals surface area contributed by atoms with E-state index in [1.807, 2.05) is 13.8 Å². The van der Waals surface area contributed by atoms with Gasteiger partial charge in [0.15, 0.2) is 0 Å². The Morgan fingerprint density at radius 1 is 1.53 bits per heavy atom. The van der Waals surface area contributed by atoms with Crippen molar-refractivity contribution >= 4 is 11.8 Å². The predicted octanol–water partition coefficient (Wildman–Crippen LogP) is -1.32. The van der Waals surface area contributed by atoms with E-state index in [4.69, 9.17) is 5.73 Å². The fraction of sp³-hybridized carbons (Fsp3) is 0.818. The summed E-state index contributed by atoms with van der Waals surface area (Å²) in [4.78, 5) is 24.7. The molecule has 0 spiro atoms. The number of carbonyl (C=O) groups excluding carboxylic acids is 2. The molecule has 0 saturated carbocycles. The van der Waals surface area contributed by atoms with Gasteiger partial charge in [0.25, 0.3) is 0 Å². The van der Waals surface area contributed by atoms with Crippen LogP contribution < -0.4 is 11.1 Å². The summed E-state index contributed by atoms with van der Waals surface area (Å²) in [6, 6.07) is -0.591. The second kappa shape index (κ2) is 5.97. The number of β-amino-alcohol motifs (C(OH)–C–C–N with tert-alkyl or cyclic N) is 1. The van der Waals surface area contributed by atoms with Gasteiger partial charge in [0.2, 0.25) is 11.8 Å². The molecule has 4 N–H and O–H groups in total. The molecule has 0 aromatic carbocycles. The van der Waals surface area contributed by atoms with Crippen LogP contribution in [0, 0.1) is 5.92 Å². The van der Waals surface area contributed by atoms with Gasteiger partial charge in [-0.1, -0.05) is 13.8 Å². The van der Waals surface area contributed by atoms with Gasteiger partial charge >= 0.3 is 0 Å². The topological polar surface area (TPSA) is 95.7 Å². The maximum Gasteiger partial charge on any atom is 0.242 e. The molecule has 1 heterocycles. The summed E-state index contributed by atoms with van der Waals surface area (Å²) in [5, 5.41) is 11.8. The minimum atomic E-state index is -0.591. The zero-order chi connectivity index (χ0) is 13.0. The summed E-state index contributed by atoms with van der Waals surface area (Å²) >= 11 is 0. The highest BCUT2D eigenvalue weighted by molar-refractivity contribution is 5.87. The van der Waals surface area contributed by atoms with Crippen LogP contribution in [0.3, 0.4) is 0 Å². The Balaban J connectivity index is 2.31. The monoisotopic (exact) mass is 243 g/mol. The van der Waals surface area contributed by atoms with Crippen LogP contribution in [0.5, 0.6) is 0 Å². The van der Waals surface area contributed by atoms with Crippen LogP contribution in [-0.4, -0.2) is 53.6 Å². The molecule has 1 unspecified atom stereocenters. The molecule has 0 aromatic rings. The highest BCUT2D eigenvalue weighted by Crippen LogP contribution is 2.08. The van der Waals surface area contributed by atoms with Crippen LogP contribution in [-0.2, 0) is 9.59 Å². The van der Waals surface area contributed by atoms with Crippen LogP contribution in [0.1, 0.15) is 20.3 Å². The lowest BCUT2D eigenvalue weighted by molar-refractivity contribution is -0.132. The van der Waals surface area contributed by atoms with Gasteiger partial charge in [-0.3, -0.25) is 9.59 Å². The molecule has 1 rings (SSSR count). The molecular weight excluding hydrogens is 222 g/mol. The third-order valence-corrected chi connectivity index (χ3v) is 2.95. The molecule has 2 atom stereocenters. The van der Waals surface area contributed by atoms with E-state index in [1.165, 1.54) is 0 Å². The fourth-order valence-corrected chi connectivity index (χ4v) is 1.66. The molecule has 98 valence electrons. The molecule has 17 heavy (non-hydrogen) atoms. The maximum absolute atomic E-state index is 11.6. The highest BCUT2D eigenvalue weighted by Gasteiger charge is 2.25. The number of nitrogens with zero attached hydrogens (tertiary/aromatic N) is 1. The Labute approximate surface area is 101 Å². The highest BCUT2D eigenvalue weighted by atomic mass is 16.3. The van der Waals surface area contributed by atoms with Gasteiger partial charge in [-0.25, -0.2) is 0 Å². The number of aliphatic hydroxyl groups is 1. The molecule has 0 aromatic heterocycles. The van der Waals surface area contributed by atoms with E-state index >= 15 is 0 Å². The molecule has 6 nitrogen and oxygen atoms in total. The Bertz CT molecular complexity index is 294. The van der Waals surface area contributed by atoms with Gasteiger partial charge in [0.05, 0.1) is 18.7 Å². The fourth-order valence-electron chi connectivity index (χ4n) is 1.66. The first-order valence-electron chi connectivity index (χ1n) is 5.91. The van der Waals surface area contributed by atoms with Gasteiger partial charge in [-0.2, -0.15) is 0 Å². The van der Waals surface area contributed by atoms with E-state index in [-0.39, 0.29) is 24.3 Å².